The molecule has 0 aromatic heterocycles. The molecule has 1 aliphatic heterocycles. The van der Waals surface area contributed by atoms with Crippen molar-refractivity contribution in [1.82, 2.24) is 0 Å². The van der Waals surface area contributed by atoms with Gasteiger partial charge in [0.25, 0.3) is 0 Å². The lowest BCUT2D eigenvalue weighted by molar-refractivity contribution is -0.228. The van der Waals surface area contributed by atoms with Crippen LogP contribution in [0.1, 0.15) is 33.1 Å². The van der Waals surface area contributed by atoms with Crippen molar-refractivity contribution in [2.75, 3.05) is 0 Å². The van der Waals surface area contributed by atoms with E-state index in [1.165, 1.54) is 0 Å². The smallest absolute Gasteiger partial charge is 0.334 e. The Labute approximate surface area is 118 Å². The van der Waals surface area contributed by atoms with Gasteiger partial charge in [0.15, 0.2) is 0 Å². The Morgan fingerprint density at radius 3 is 2.65 bits per heavy atom. The summed E-state index contributed by atoms with van der Waals surface area (Å²) >= 11 is 0. The van der Waals surface area contributed by atoms with Crippen LogP contribution < -0.4 is 0 Å². The number of aliphatic hydroxyl groups excluding tert-OH is 2. The maximum absolute atomic E-state index is 11.8. The van der Waals surface area contributed by atoms with E-state index in [9.17, 15) is 20.1 Å². The Balaban J connectivity index is 2.08. The zero-order valence-corrected chi connectivity index (χ0v) is 11.9. The van der Waals surface area contributed by atoms with Crippen LogP contribution >= 0.6 is 0 Å². The highest BCUT2D eigenvalue weighted by atomic mass is 16.6. The summed E-state index contributed by atoms with van der Waals surface area (Å²) in [5, 5.41) is 31.5. The van der Waals surface area contributed by atoms with E-state index in [2.05, 4.69) is 6.58 Å². The van der Waals surface area contributed by atoms with Crippen LogP contribution in [0.2, 0.25) is 0 Å². The van der Waals surface area contributed by atoms with Crippen molar-refractivity contribution < 1.29 is 24.9 Å². The Kier molecular flexibility index (Phi) is 2.85. The molecule has 2 aliphatic carbocycles. The minimum Gasteiger partial charge on any atom is -0.458 e. The molecule has 0 unspecified atom stereocenters. The van der Waals surface area contributed by atoms with Crippen LogP contribution in [-0.4, -0.2) is 45.2 Å². The molecule has 0 spiro atoms. The lowest BCUT2D eigenvalue weighted by atomic mass is 9.50. The third-order valence-electron chi connectivity index (χ3n) is 5.72. The van der Waals surface area contributed by atoms with Gasteiger partial charge in [0.05, 0.1) is 23.7 Å². The topological polar surface area (TPSA) is 87.0 Å². The molecule has 5 nitrogen and oxygen atoms in total. The van der Waals surface area contributed by atoms with E-state index in [0.29, 0.717) is 19.3 Å². The first-order valence-electron chi connectivity index (χ1n) is 7.17. The van der Waals surface area contributed by atoms with Crippen molar-refractivity contribution in [1.29, 1.82) is 0 Å². The van der Waals surface area contributed by atoms with Crippen LogP contribution in [0.5, 0.6) is 0 Å². The predicted octanol–water partition coefficient (Wildman–Crippen LogP) is 0.377. The first-order chi connectivity index (χ1) is 9.18. The number of fused-ring (bicyclic) bond motifs is 3. The summed E-state index contributed by atoms with van der Waals surface area (Å²) in [4.78, 5) is 11.8. The number of carbonyl (C=O) groups excluding carboxylic acids is 1. The maximum Gasteiger partial charge on any atom is 0.334 e. The molecule has 3 fully saturated rings. The van der Waals surface area contributed by atoms with E-state index in [0.717, 1.165) is 0 Å². The second-order valence-electron chi connectivity index (χ2n) is 7.09. The summed E-state index contributed by atoms with van der Waals surface area (Å²) in [5.74, 6) is -1.37. The van der Waals surface area contributed by atoms with Gasteiger partial charge in [0, 0.05) is 16.9 Å². The molecule has 0 aromatic carbocycles. The molecule has 1 saturated heterocycles. The normalized spacial score (nSPS) is 55.1. The number of aliphatic hydroxyl groups is 3. The van der Waals surface area contributed by atoms with Crippen molar-refractivity contribution in [3.05, 3.63) is 12.2 Å². The van der Waals surface area contributed by atoms with Gasteiger partial charge in [-0.3, -0.25) is 0 Å². The van der Waals surface area contributed by atoms with E-state index >= 15 is 0 Å². The standard InChI is InChI=1S/C15H22O5/c1-7-10-8(16)6-14(2)9(17)4-5-15(3,19)12(14)11(10)20-13(7)18/h8-12,16-17,19H,1,4-6H2,2-3H3/t8-,9-,10+,11-,12+,14+,15-/m0/s1. The zero-order chi connectivity index (χ0) is 14.9. The van der Waals surface area contributed by atoms with Crippen molar-refractivity contribution in [2.45, 2.75) is 57.0 Å². The van der Waals surface area contributed by atoms with E-state index in [1.807, 2.05) is 6.92 Å². The molecule has 0 amide bonds. The Hall–Kier alpha value is -0.910. The number of carbonyl (C=O) groups is 1. The van der Waals surface area contributed by atoms with Crippen molar-refractivity contribution in [3.8, 4) is 0 Å². The first kappa shape index (κ1) is 14.0. The molecule has 0 radical (unpaired) electrons. The second kappa shape index (κ2) is 4.06. The molecule has 2 saturated carbocycles. The highest BCUT2D eigenvalue weighted by Gasteiger charge is 2.65. The molecule has 1 heterocycles. The lowest BCUT2D eigenvalue weighted by Gasteiger charge is -2.58. The van der Waals surface area contributed by atoms with Gasteiger partial charge >= 0.3 is 5.97 Å². The van der Waals surface area contributed by atoms with Gasteiger partial charge in [-0.1, -0.05) is 13.5 Å². The number of ether oxygens (including phenoxy) is 1. The fourth-order valence-corrected chi connectivity index (χ4v) is 4.74. The van der Waals surface area contributed by atoms with Crippen LogP contribution in [0.15, 0.2) is 12.2 Å². The van der Waals surface area contributed by atoms with Crippen LogP contribution in [0, 0.1) is 17.3 Å². The van der Waals surface area contributed by atoms with Gasteiger partial charge in [0.1, 0.15) is 6.10 Å². The first-order valence-corrected chi connectivity index (χ1v) is 7.17. The predicted molar refractivity (Wildman–Crippen MR) is 70.6 cm³/mol. The summed E-state index contributed by atoms with van der Waals surface area (Å²) in [6, 6.07) is 0. The molecule has 3 N–H and O–H groups in total. The molecule has 0 aromatic rings. The average Bonchev–Trinajstić information content (AvgIpc) is 2.60. The van der Waals surface area contributed by atoms with Gasteiger partial charge in [-0.05, 0) is 26.2 Å². The molecular formula is C15H22O5. The van der Waals surface area contributed by atoms with Crippen LogP contribution in [-0.2, 0) is 9.53 Å². The van der Waals surface area contributed by atoms with Crippen molar-refractivity contribution >= 4 is 5.97 Å². The van der Waals surface area contributed by atoms with E-state index < -0.39 is 47.1 Å². The summed E-state index contributed by atoms with van der Waals surface area (Å²) < 4.78 is 5.40. The van der Waals surface area contributed by atoms with Crippen molar-refractivity contribution in [3.63, 3.8) is 0 Å². The van der Waals surface area contributed by atoms with E-state index in [-0.39, 0.29) is 5.57 Å². The third kappa shape index (κ3) is 1.63. The molecule has 3 rings (SSSR count). The van der Waals surface area contributed by atoms with E-state index in [1.54, 1.807) is 6.92 Å². The zero-order valence-electron chi connectivity index (χ0n) is 11.9. The van der Waals surface area contributed by atoms with Gasteiger partial charge in [-0.15, -0.1) is 0 Å². The fourth-order valence-electron chi connectivity index (χ4n) is 4.74. The largest absolute Gasteiger partial charge is 0.458 e. The van der Waals surface area contributed by atoms with Crippen LogP contribution in [0.25, 0.3) is 0 Å². The minimum atomic E-state index is -1.03. The van der Waals surface area contributed by atoms with Crippen molar-refractivity contribution in [2.24, 2.45) is 17.3 Å². The monoisotopic (exact) mass is 282 g/mol. The molecule has 20 heavy (non-hydrogen) atoms. The molecule has 3 aliphatic rings. The highest BCUT2D eigenvalue weighted by Crippen LogP contribution is 2.58. The third-order valence-corrected chi connectivity index (χ3v) is 5.72. The number of hydrogen-bond acceptors (Lipinski definition) is 5. The lowest BCUT2D eigenvalue weighted by Crippen LogP contribution is -2.65. The number of rotatable bonds is 0. The Morgan fingerprint density at radius 2 is 2.00 bits per heavy atom. The number of hydrogen-bond donors (Lipinski definition) is 3. The SMILES string of the molecule is C=C1C(=O)O[C@H]2[C@H]1[C@@H](O)C[C@@]1(C)[C@@H]2[C@@](C)(O)CC[C@@H]1O. The van der Waals surface area contributed by atoms with Gasteiger partial charge in [0.2, 0.25) is 0 Å². The Morgan fingerprint density at radius 1 is 1.35 bits per heavy atom. The number of esters is 1. The fraction of sp³-hybridized carbons (Fsp3) is 0.800. The van der Waals surface area contributed by atoms with Gasteiger partial charge in [-0.25, -0.2) is 4.79 Å². The second-order valence-corrected chi connectivity index (χ2v) is 7.09. The van der Waals surface area contributed by atoms with Gasteiger partial charge in [-0.2, -0.15) is 0 Å². The summed E-state index contributed by atoms with van der Waals surface area (Å²) in [6.45, 7) is 7.31. The molecule has 5 heteroatoms. The van der Waals surface area contributed by atoms with Gasteiger partial charge < -0.3 is 20.1 Å². The summed E-state index contributed by atoms with van der Waals surface area (Å²) in [5.41, 5.74) is -1.41. The highest BCUT2D eigenvalue weighted by molar-refractivity contribution is 5.91. The maximum atomic E-state index is 11.8. The molecular weight excluding hydrogens is 260 g/mol. The molecule has 0 bridgehead atoms. The Bertz CT molecular complexity index is 471. The van der Waals surface area contributed by atoms with Crippen LogP contribution in [0.4, 0.5) is 0 Å². The average molecular weight is 282 g/mol. The quantitative estimate of drug-likeness (QED) is 0.441. The summed E-state index contributed by atoms with van der Waals surface area (Å²) in [7, 11) is 0. The molecule has 112 valence electrons. The van der Waals surface area contributed by atoms with E-state index in [4.69, 9.17) is 4.74 Å². The van der Waals surface area contributed by atoms with Crippen LogP contribution in [0.3, 0.4) is 0 Å². The minimum absolute atomic E-state index is 0.278. The summed E-state index contributed by atoms with van der Waals surface area (Å²) in [6.07, 6.45) is -0.712. The molecule has 7 atom stereocenters.